The summed E-state index contributed by atoms with van der Waals surface area (Å²) in [7, 11) is 0. The SMILES string of the molecule is Cc1ccc(C(NC(=O)CCC2CCC(C)O2)C(=O)O)cc1C. The van der Waals surface area contributed by atoms with Crippen LogP contribution in [0.25, 0.3) is 0 Å². The zero-order valence-corrected chi connectivity index (χ0v) is 14.0. The van der Waals surface area contributed by atoms with Crippen LogP contribution in [0.5, 0.6) is 0 Å². The van der Waals surface area contributed by atoms with Crippen molar-refractivity contribution in [2.45, 2.75) is 64.7 Å². The average molecular weight is 319 g/mol. The van der Waals surface area contributed by atoms with Gasteiger partial charge >= 0.3 is 5.97 Å². The molecule has 0 aliphatic carbocycles. The van der Waals surface area contributed by atoms with Crippen molar-refractivity contribution in [1.82, 2.24) is 5.32 Å². The molecule has 1 aliphatic heterocycles. The van der Waals surface area contributed by atoms with Crippen LogP contribution in [0.1, 0.15) is 55.3 Å². The summed E-state index contributed by atoms with van der Waals surface area (Å²) >= 11 is 0. The quantitative estimate of drug-likeness (QED) is 0.845. The first-order valence-corrected chi connectivity index (χ1v) is 8.11. The number of carbonyl (C=O) groups is 2. The van der Waals surface area contributed by atoms with E-state index in [4.69, 9.17) is 4.74 Å². The smallest absolute Gasteiger partial charge is 0.330 e. The van der Waals surface area contributed by atoms with Gasteiger partial charge in [-0.1, -0.05) is 18.2 Å². The van der Waals surface area contributed by atoms with Crippen LogP contribution in [0.3, 0.4) is 0 Å². The molecular weight excluding hydrogens is 294 g/mol. The predicted octanol–water partition coefficient (Wildman–Crippen LogP) is 2.89. The normalized spacial score (nSPS) is 21.9. The molecule has 0 saturated carbocycles. The average Bonchev–Trinajstić information content (AvgIpc) is 2.91. The van der Waals surface area contributed by atoms with Gasteiger partial charge in [0.25, 0.3) is 0 Å². The van der Waals surface area contributed by atoms with Crippen LogP contribution in [-0.2, 0) is 14.3 Å². The summed E-state index contributed by atoms with van der Waals surface area (Å²) in [5, 5.41) is 12.0. The summed E-state index contributed by atoms with van der Waals surface area (Å²) in [6, 6.07) is 4.44. The van der Waals surface area contributed by atoms with Gasteiger partial charge in [-0.05, 0) is 56.7 Å². The van der Waals surface area contributed by atoms with Crippen LogP contribution in [0.2, 0.25) is 0 Å². The number of ether oxygens (including phenoxy) is 1. The summed E-state index contributed by atoms with van der Waals surface area (Å²) < 4.78 is 5.68. The maximum absolute atomic E-state index is 12.1. The second-order valence-corrected chi connectivity index (χ2v) is 6.37. The number of aliphatic carboxylic acids is 1. The molecule has 1 amide bonds. The van der Waals surface area contributed by atoms with E-state index < -0.39 is 12.0 Å². The van der Waals surface area contributed by atoms with E-state index in [0.717, 1.165) is 24.0 Å². The van der Waals surface area contributed by atoms with Gasteiger partial charge in [0.2, 0.25) is 5.91 Å². The standard InChI is InChI=1S/C18H25NO4/c1-11-4-6-14(10-12(11)2)17(18(21)22)19-16(20)9-8-15-7-5-13(3)23-15/h4,6,10,13,15,17H,5,7-9H2,1-3H3,(H,19,20)(H,21,22). The minimum absolute atomic E-state index is 0.112. The summed E-state index contributed by atoms with van der Waals surface area (Å²) in [6.07, 6.45) is 3.27. The van der Waals surface area contributed by atoms with Crippen molar-refractivity contribution in [2.75, 3.05) is 0 Å². The Labute approximate surface area is 137 Å². The Kier molecular flexibility index (Phi) is 5.77. The van der Waals surface area contributed by atoms with Gasteiger partial charge in [-0.15, -0.1) is 0 Å². The van der Waals surface area contributed by atoms with Crippen LogP contribution in [0, 0.1) is 13.8 Å². The molecule has 3 atom stereocenters. The molecule has 0 aromatic heterocycles. The molecule has 0 bridgehead atoms. The van der Waals surface area contributed by atoms with Crippen molar-refractivity contribution < 1.29 is 19.4 Å². The van der Waals surface area contributed by atoms with Crippen LogP contribution in [0.15, 0.2) is 18.2 Å². The van der Waals surface area contributed by atoms with E-state index in [-0.39, 0.29) is 24.5 Å². The fraction of sp³-hybridized carbons (Fsp3) is 0.556. The first kappa shape index (κ1) is 17.5. The van der Waals surface area contributed by atoms with Crippen LogP contribution >= 0.6 is 0 Å². The topological polar surface area (TPSA) is 75.6 Å². The highest BCUT2D eigenvalue weighted by molar-refractivity contribution is 5.84. The predicted molar refractivity (Wildman–Crippen MR) is 87.2 cm³/mol. The van der Waals surface area contributed by atoms with Crippen molar-refractivity contribution in [3.05, 3.63) is 34.9 Å². The van der Waals surface area contributed by atoms with Crippen LogP contribution in [0.4, 0.5) is 0 Å². The molecule has 2 N–H and O–H groups in total. The molecular formula is C18H25NO4. The summed E-state index contributed by atoms with van der Waals surface area (Å²) in [5.41, 5.74) is 2.70. The molecule has 1 saturated heterocycles. The molecule has 1 aromatic carbocycles. The molecule has 1 aliphatic rings. The second kappa shape index (κ2) is 7.59. The fourth-order valence-electron chi connectivity index (χ4n) is 2.85. The number of amides is 1. The summed E-state index contributed by atoms with van der Waals surface area (Å²) in [4.78, 5) is 23.6. The van der Waals surface area contributed by atoms with Gasteiger partial charge in [0, 0.05) is 6.42 Å². The number of hydrogen-bond donors (Lipinski definition) is 2. The molecule has 5 nitrogen and oxygen atoms in total. The van der Waals surface area contributed by atoms with Crippen molar-refractivity contribution in [3.8, 4) is 0 Å². The van der Waals surface area contributed by atoms with Gasteiger partial charge in [-0.2, -0.15) is 0 Å². The molecule has 1 aromatic rings. The number of carbonyl (C=O) groups excluding carboxylic acids is 1. The first-order valence-electron chi connectivity index (χ1n) is 8.11. The Morgan fingerprint density at radius 3 is 2.61 bits per heavy atom. The minimum atomic E-state index is -1.05. The third-order valence-electron chi connectivity index (χ3n) is 4.43. The molecule has 5 heteroatoms. The van der Waals surface area contributed by atoms with Crippen molar-refractivity contribution in [3.63, 3.8) is 0 Å². The molecule has 1 heterocycles. The Morgan fingerprint density at radius 2 is 2.04 bits per heavy atom. The number of rotatable bonds is 6. The van der Waals surface area contributed by atoms with Gasteiger partial charge in [0.05, 0.1) is 12.2 Å². The summed E-state index contributed by atoms with van der Waals surface area (Å²) in [5.74, 6) is -1.30. The lowest BCUT2D eigenvalue weighted by Crippen LogP contribution is -2.34. The van der Waals surface area contributed by atoms with Gasteiger partial charge in [0.1, 0.15) is 0 Å². The van der Waals surface area contributed by atoms with E-state index in [2.05, 4.69) is 5.32 Å². The lowest BCUT2D eigenvalue weighted by atomic mass is 10.0. The van der Waals surface area contributed by atoms with Gasteiger partial charge < -0.3 is 15.2 Å². The van der Waals surface area contributed by atoms with Gasteiger partial charge in [-0.3, -0.25) is 4.79 Å². The van der Waals surface area contributed by atoms with Crippen molar-refractivity contribution in [2.24, 2.45) is 0 Å². The molecule has 2 rings (SSSR count). The Bertz CT molecular complexity index is 584. The number of carboxylic acid groups (broad SMARTS) is 1. The fourth-order valence-corrected chi connectivity index (χ4v) is 2.85. The van der Waals surface area contributed by atoms with Crippen molar-refractivity contribution >= 4 is 11.9 Å². The van der Waals surface area contributed by atoms with Crippen molar-refractivity contribution in [1.29, 1.82) is 0 Å². The summed E-state index contributed by atoms with van der Waals surface area (Å²) in [6.45, 7) is 5.93. The van der Waals surface area contributed by atoms with E-state index in [1.807, 2.05) is 32.9 Å². The highest BCUT2D eigenvalue weighted by Gasteiger charge is 2.25. The molecule has 3 unspecified atom stereocenters. The maximum atomic E-state index is 12.1. The lowest BCUT2D eigenvalue weighted by Gasteiger charge is -2.17. The molecule has 1 fully saturated rings. The van der Waals surface area contributed by atoms with Gasteiger partial charge in [-0.25, -0.2) is 4.79 Å². The highest BCUT2D eigenvalue weighted by Crippen LogP contribution is 2.23. The lowest BCUT2D eigenvalue weighted by molar-refractivity contribution is -0.142. The Hall–Kier alpha value is -1.88. The zero-order chi connectivity index (χ0) is 17.0. The van der Waals surface area contributed by atoms with E-state index in [0.29, 0.717) is 12.0 Å². The Balaban J connectivity index is 1.94. The second-order valence-electron chi connectivity index (χ2n) is 6.37. The molecule has 0 radical (unpaired) electrons. The van der Waals surface area contributed by atoms with Crippen LogP contribution in [-0.4, -0.2) is 29.2 Å². The first-order chi connectivity index (χ1) is 10.9. The Morgan fingerprint density at radius 1 is 1.30 bits per heavy atom. The third-order valence-corrected chi connectivity index (χ3v) is 4.43. The number of hydrogen-bond acceptors (Lipinski definition) is 3. The number of aryl methyl sites for hydroxylation is 2. The van der Waals surface area contributed by atoms with E-state index in [9.17, 15) is 14.7 Å². The van der Waals surface area contributed by atoms with Gasteiger partial charge in [0.15, 0.2) is 6.04 Å². The largest absolute Gasteiger partial charge is 0.479 e. The van der Waals surface area contributed by atoms with Crippen LogP contribution < -0.4 is 5.32 Å². The monoisotopic (exact) mass is 319 g/mol. The zero-order valence-electron chi connectivity index (χ0n) is 14.0. The number of carboxylic acids is 1. The molecule has 0 spiro atoms. The third kappa shape index (κ3) is 4.79. The molecule has 23 heavy (non-hydrogen) atoms. The van der Waals surface area contributed by atoms with E-state index in [1.165, 1.54) is 0 Å². The van der Waals surface area contributed by atoms with E-state index >= 15 is 0 Å². The molecule has 126 valence electrons. The number of nitrogens with one attached hydrogen (secondary N) is 1. The van der Waals surface area contributed by atoms with E-state index in [1.54, 1.807) is 6.07 Å². The highest BCUT2D eigenvalue weighted by atomic mass is 16.5. The minimum Gasteiger partial charge on any atom is -0.479 e. The number of benzene rings is 1. The maximum Gasteiger partial charge on any atom is 0.330 e.